The van der Waals surface area contributed by atoms with Crippen LogP contribution in [0.25, 0.3) is 6.08 Å². The maximum atomic E-state index is 11.4. The van der Waals surface area contributed by atoms with Gasteiger partial charge < -0.3 is 9.47 Å². The molecule has 16 heavy (non-hydrogen) atoms. The van der Waals surface area contributed by atoms with Crippen molar-refractivity contribution in [1.29, 1.82) is 0 Å². The molecule has 0 radical (unpaired) electrons. The van der Waals surface area contributed by atoms with E-state index in [1.165, 1.54) is 7.11 Å². The Morgan fingerprint density at radius 1 is 1.38 bits per heavy atom. The number of para-hydroxylation sites is 1. The van der Waals surface area contributed by atoms with Crippen molar-refractivity contribution in [3.63, 3.8) is 0 Å². The third-order valence-corrected chi connectivity index (χ3v) is 2.25. The first kappa shape index (κ1) is 10.4. The Kier molecular flexibility index (Phi) is 2.72. The van der Waals surface area contributed by atoms with Crippen LogP contribution in [-0.4, -0.2) is 19.0 Å². The maximum absolute atomic E-state index is 11.4. The number of ether oxygens (including phenoxy) is 2. The van der Waals surface area contributed by atoms with Gasteiger partial charge in [-0.25, -0.2) is 4.79 Å². The molecule has 0 amide bonds. The lowest BCUT2D eigenvalue weighted by atomic mass is 10.1. The van der Waals surface area contributed by atoms with Crippen LogP contribution in [-0.2, 0) is 14.3 Å². The van der Waals surface area contributed by atoms with E-state index in [0.717, 1.165) is 0 Å². The maximum Gasteiger partial charge on any atom is 0.334 e. The summed E-state index contributed by atoms with van der Waals surface area (Å²) < 4.78 is 9.68. The first-order valence-electron chi connectivity index (χ1n) is 4.79. The minimum absolute atomic E-state index is 0.0681. The molecule has 0 unspecified atom stereocenters. The lowest BCUT2D eigenvalue weighted by Crippen LogP contribution is -2.12. The van der Waals surface area contributed by atoms with Crippen LogP contribution in [0.2, 0.25) is 0 Å². The summed E-state index contributed by atoms with van der Waals surface area (Å²) in [4.78, 5) is 22.8. The van der Waals surface area contributed by atoms with Gasteiger partial charge in [0, 0.05) is 11.1 Å². The zero-order valence-corrected chi connectivity index (χ0v) is 8.73. The fourth-order valence-corrected chi connectivity index (χ4v) is 1.51. The molecule has 1 aromatic carbocycles. The molecule has 1 heterocycles. The van der Waals surface area contributed by atoms with E-state index in [-0.39, 0.29) is 6.42 Å². The molecule has 0 saturated carbocycles. The molecule has 4 nitrogen and oxygen atoms in total. The van der Waals surface area contributed by atoms with Crippen LogP contribution >= 0.6 is 0 Å². The Morgan fingerprint density at radius 3 is 2.88 bits per heavy atom. The highest BCUT2D eigenvalue weighted by molar-refractivity contribution is 6.00. The number of rotatable bonds is 1. The molecule has 1 aliphatic rings. The van der Waals surface area contributed by atoms with Crippen molar-refractivity contribution in [3.8, 4) is 5.75 Å². The van der Waals surface area contributed by atoms with Gasteiger partial charge >= 0.3 is 11.9 Å². The summed E-state index contributed by atoms with van der Waals surface area (Å²) in [5.41, 5.74) is 1.01. The SMILES string of the molecule is COC(=O)C1=Cc2ccccc2OC(=O)C1. The molecule has 0 spiro atoms. The normalized spacial score (nSPS) is 14.3. The Labute approximate surface area is 92.5 Å². The largest absolute Gasteiger partial charge is 0.466 e. The lowest BCUT2D eigenvalue weighted by Gasteiger charge is -2.02. The van der Waals surface area contributed by atoms with Gasteiger partial charge in [-0.05, 0) is 12.1 Å². The number of esters is 2. The summed E-state index contributed by atoms with van der Waals surface area (Å²) in [6, 6.07) is 7.04. The van der Waals surface area contributed by atoms with Crippen molar-refractivity contribution in [3.05, 3.63) is 35.4 Å². The van der Waals surface area contributed by atoms with Gasteiger partial charge in [0.2, 0.25) is 0 Å². The predicted octanol–water partition coefficient (Wildman–Crippen LogP) is 1.55. The second kappa shape index (κ2) is 4.18. The van der Waals surface area contributed by atoms with Crippen LogP contribution in [0.3, 0.4) is 0 Å². The minimum Gasteiger partial charge on any atom is -0.466 e. The van der Waals surface area contributed by atoms with Crippen LogP contribution in [0.1, 0.15) is 12.0 Å². The second-order valence-electron chi connectivity index (χ2n) is 3.35. The molecule has 0 atom stereocenters. The fourth-order valence-electron chi connectivity index (χ4n) is 1.51. The summed E-state index contributed by atoms with van der Waals surface area (Å²) in [7, 11) is 1.28. The summed E-state index contributed by atoms with van der Waals surface area (Å²) in [5.74, 6) is -0.498. The van der Waals surface area contributed by atoms with E-state index >= 15 is 0 Å². The molecule has 0 bridgehead atoms. The molecule has 2 rings (SSSR count). The molecule has 0 aromatic heterocycles. The van der Waals surface area contributed by atoms with Crippen LogP contribution in [0.4, 0.5) is 0 Å². The first-order chi connectivity index (χ1) is 7.70. The van der Waals surface area contributed by atoms with Crippen molar-refractivity contribution in [2.75, 3.05) is 7.11 Å². The molecule has 0 N–H and O–H groups in total. The Morgan fingerprint density at radius 2 is 2.12 bits per heavy atom. The number of hydrogen-bond donors (Lipinski definition) is 0. The molecule has 1 aromatic rings. The van der Waals surface area contributed by atoms with Crippen molar-refractivity contribution < 1.29 is 19.1 Å². The van der Waals surface area contributed by atoms with Gasteiger partial charge in [-0.3, -0.25) is 4.79 Å². The van der Waals surface area contributed by atoms with Gasteiger partial charge in [0.15, 0.2) is 0 Å². The van der Waals surface area contributed by atoms with E-state index in [1.54, 1.807) is 24.3 Å². The molecule has 4 heteroatoms. The Balaban J connectivity index is 2.46. The quantitative estimate of drug-likeness (QED) is 0.530. The van der Waals surface area contributed by atoms with Gasteiger partial charge in [-0.15, -0.1) is 0 Å². The standard InChI is InChI=1S/C12H10O4/c1-15-12(14)9-6-8-4-2-3-5-10(8)16-11(13)7-9/h2-6H,7H2,1H3. The summed E-state index contributed by atoms with van der Waals surface area (Å²) in [6.45, 7) is 0. The van der Waals surface area contributed by atoms with E-state index < -0.39 is 11.9 Å². The van der Waals surface area contributed by atoms with Gasteiger partial charge in [0.1, 0.15) is 5.75 Å². The van der Waals surface area contributed by atoms with E-state index in [0.29, 0.717) is 16.9 Å². The van der Waals surface area contributed by atoms with Crippen molar-refractivity contribution >= 4 is 18.0 Å². The average molecular weight is 218 g/mol. The van der Waals surface area contributed by atoms with E-state index in [4.69, 9.17) is 4.74 Å². The monoisotopic (exact) mass is 218 g/mol. The summed E-state index contributed by atoms with van der Waals surface area (Å²) >= 11 is 0. The summed E-state index contributed by atoms with van der Waals surface area (Å²) in [5, 5.41) is 0. The van der Waals surface area contributed by atoms with Crippen LogP contribution in [0.15, 0.2) is 29.8 Å². The fraction of sp³-hybridized carbons (Fsp3) is 0.167. The molecular weight excluding hydrogens is 208 g/mol. The molecule has 0 fully saturated rings. The van der Waals surface area contributed by atoms with Gasteiger partial charge in [-0.2, -0.15) is 0 Å². The van der Waals surface area contributed by atoms with Crippen molar-refractivity contribution in [2.45, 2.75) is 6.42 Å². The van der Waals surface area contributed by atoms with Crippen molar-refractivity contribution in [1.82, 2.24) is 0 Å². The highest BCUT2D eigenvalue weighted by atomic mass is 16.5. The number of fused-ring (bicyclic) bond motifs is 1. The molecule has 82 valence electrons. The molecular formula is C12H10O4. The van der Waals surface area contributed by atoms with Gasteiger partial charge in [0.25, 0.3) is 0 Å². The number of carbonyl (C=O) groups is 2. The Bertz CT molecular complexity index is 474. The van der Waals surface area contributed by atoms with Crippen molar-refractivity contribution in [2.24, 2.45) is 0 Å². The smallest absolute Gasteiger partial charge is 0.334 e. The van der Waals surface area contributed by atoms with Crippen LogP contribution < -0.4 is 4.74 Å². The molecule has 0 saturated heterocycles. The molecule has 1 aliphatic heterocycles. The highest BCUT2D eigenvalue weighted by Crippen LogP contribution is 2.26. The lowest BCUT2D eigenvalue weighted by molar-refractivity contribution is -0.139. The third kappa shape index (κ3) is 1.95. The average Bonchev–Trinajstić information content (AvgIpc) is 2.45. The van der Waals surface area contributed by atoms with Crippen LogP contribution in [0.5, 0.6) is 5.75 Å². The number of hydrogen-bond acceptors (Lipinski definition) is 4. The highest BCUT2D eigenvalue weighted by Gasteiger charge is 2.20. The predicted molar refractivity (Wildman–Crippen MR) is 56.7 cm³/mol. The minimum atomic E-state index is -0.506. The first-order valence-corrected chi connectivity index (χ1v) is 4.79. The number of methoxy groups -OCH3 is 1. The molecule has 0 aliphatic carbocycles. The number of carbonyl (C=O) groups excluding carboxylic acids is 2. The van der Waals surface area contributed by atoms with E-state index in [9.17, 15) is 9.59 Å². The van der Waals surface area contributed by atoms with Gasteiger partial charge in [-0.1, -0.05) is 18.2 Å². The zero-order valence-electron chi connectivity index (χ0n) is 8.73. The zero-order chi connectivity index (χ0) is 11.5. The topological polar surface area (TPSA) is 52.6 Å². The van der Waals surface area contributed by atoms with E-state index in [1.807, 2.05) is 6.07 Å². The summed E-state index contributed by atoms with van der Waals surface area (Å²) in [6.07, 6.45) is 1.55. The van der Waals surface area contributed by atoms with E-state index in [2.05, 4.69) is 4.74 Å². The third-order valence-electron chi connectivity index (χ3n) is 2.25. The Hall–Kier alpha value is -2.10. The number of benzene rings is 1. The van der Waals surface area contributed by atoms with Crippen LogP contribution in [0, 0.1) is 0 Å². The van der Waals surface area contributed by atoms with Gasteiger partial charge in [0.05, 0.1) is 13.5 Å². The second-order valence-corrected chi connectivity index (χ2v) is 3.35.